The second kappa shape index (κ2) is 5.14. The number of rotatable bonds is 4. The van der Waals surface area contributed by atoms with Gasteiger partial charge in [0.1, 0.15) is 0 Å². The van der Waals surface area contributed by atoms with Crippen LogP contribution in [0.3, 0.4) is 0 Å². The zero-order valence-electron chi connectivity index (χ0n) is 8.45. The van der Waals surface area contributed by atoms with Gasteiger partial charge in [-0.25, -0.2) is 4.79 Å². The maximum absolute atomic E-state index is 11.2. The summed E-state index contributed by atoms with van der Waals surface area (Å²) in [7, 11) is 0. The Hall–Kier alpha value is -1.85. The van der Waals surface area contributed by atoms with Gasteiger partial charge in [-0.05, 0) is 6.92 Å². The normalized spacial score (nSPS) is 9.93. The van der Waals surface area contributed by atoms with Crippen LogP contribution in [-0.2, 0) is 11.3 Å². The number of hydrogen-bond acceptors (Lipinski definition) is 3. The lowest BCUT2D eigenvalue weighted by Crippen LogP contribution is -2.31. The lowest BCUT2D eigenvalue weighted by Gasteiger charge is -2.04. The molecule has 1 aromatic rings. The summed E-state index contributed by atoms with van der Waals surface area (Å²) >= 11 is 0. The molecule has 0 fully saturated rings. The number of aromatic amines is 1. The highest BCUT2D eigenvalue weighted by atomic mass is 16.2. The minimum Gasteiger partial charge on any atom is -0.356 e. The summed E-state index contributed by atoms with van der Waals surface area (Å²) in [6, 6.07) is 1.25. The van der Waals surface area contributed by atoms with Gasteiger partial charge in [-0.3, -0.25) is 14.6 Å². The zero-order chi connectivity index (χ0) is 11.3. The SMILES string of the molecule is CCNC(=O)CCn1ccc(=O)[nH]c1=O. The van der Waals surface area contributed by atoms with E-state index in [1.165, 1.54) is 16.8 Å². The average molecular weight is 211 g/mol. The van der Waals surface area contributed by atoms with E-state index >= 15 is 0 Å². The topological polar surface area (TPSA) is 84.0 Å². The molecule has 0 aliphatic carbocycles. The third kappa shape index (κ3) is 3.41. The molecule has 0 saturated heterocycles. The van der Waals surface area contributed by atoms with E-state index in [0.29, 0.717) is 6.54 Å². The van der Waals surface area contributed by atoms with Crippen LogP contribution < -0.4 is 16.6 Å². The van der Waals surface area contributed by atoms with Crippen LogP contribution in [0, 0.1) is 0 Å². The van der Waals surface area contributed by atoms with Gasteiger partial charge < -0.3 is 9.88 Å². The van der Waals surface area contributed by atoms with Gasteiger partial charge in [0.05, 0.1) is 0 Å². The van der Waals surface area contributed by atoms with Gasteiger partial charge in [0.15, 0.2) is 0 Å². The first-order chi connectivity index (χ1) is 7.13. The largest absolute Gasteiger partial charge is 0.356 e. The number of carbonyl (C=O) groups excluding carboxylic acids is 1. The second-order valence-corrected chi connectivity index (χ2v) is 3.01. The minimum absolute atomic E-state index is 0.115. The molecule has 0 unspecified atom stereocenters. The van der Waals surface area contributed by atoms with E-state index < -0.39 is 11.2 Å². The van der Waals surface area contributed by atoms with Gasteiger partial charge >= 0.3 is 5.69 Å². The molecule has 1 aromatic heterocycles. The van der Waals surface area contributed by atoms with Crippen molar-refractivity contribution >= 4 is 5.91 Å². The first kappa shape index (κ1) is 11.2. The summed E-state index contributed by atoms with van der Waals surface area (Å²) in [6.45, 7) is 2.66. The fourth-order valence-electron chi connectivity index (χ4n) is 1.13. The van der Waals surface area contributed by atoms with E-state index in [-0.39, 0.29) is 18.9 Å². The number of aryl methyl sites for hydroxylation is 1. The standard InChI is InChI=1S/C9H13N3O3/c1-2-10-7(13)3-5-12-6-4-8(14)11-9(12)15/h4,6H,2-3,5H2,1H3,(H,10,13)(H,11,14,15). The van der Waals surface area contributed by atoms with Crippen molar-refractivity contribution < 1.29 is 4.79 Å². The van der Waals surface area contributed by atoms with Gasteiger partial charge in [-0.1, -0.05) is 0 Å². The monoisotopic (exact) mass is 211 g/mol. The first-order valence-electron chi connectivity index (χ1n) is 4.70. The summed E-state index contributed by atoms with van der Waals surface area (Å²) in [6.07, 6.45) is 1.60. The number of H-pyrrole nitrogens is 1. The van der Waals surface area contributed by atoms with Crippen LogP contribution in [-0.4, -0.2) is 22.0 Å². The molecule has 1 rings (SSSR count). The second-order valence-electron chi connectivity index (χ2n) is 3.01. The van der Waals surface area contributed by atoms with Gasteiger partial charge in [0.2, 0.25) is 5.91 Å². The first-order valence-corrected chi connectivity index (χ1v) is 4.70. The van der Waals surface area contributed by atoms with Crippen molar-refractivity contribution in [1.29, 1.82) is 0 Å². The quantitative estimate of drug-likeness (QED) is 0.674. The zero-order valence-corrected chi connectivity index (χ0v) is 8.45. The summed E-state index contributed by atoms with van der Waals surface area (Å²) in [5.74, 6) is -0.115. The van der Waals surface area contributed by atoms with E-state index in [1.54, 1.807) is 0 Å². The van der Waals surface area contributed by atoms with E-state index in [1.807, 2.05) is 6.92 Å². The van der Waals surface area contributed by atoms with Crippen LogP contribution in [0.15, 0.2) is 21.9 Å². The Morgan fingerprint density at radius 3 is 2.87 bits per heavy atom. The van der Waals surface area contributed by atoms with E-state index in [9.17, 15) is 14.4 Å². The molecule has 6 nitrogen and oxygen atoms in total. The summed E-state index contributed by atoms with van der Waals surface area (Å²) < 4.78 is 1.29. The van der Waals surface area contributed by atoms with Crippen molar-refractivity contribution in [3.05, 3.63) is 33.1 Å². The number of hydrogen-bond donors (Lipinski definition) is 2. The highest BCUT2D eigenvalue weighted by molar-refractivity contribution is 5.75. The van der Waals surface area contributed by atoms with Gasteiger partial charge in [0, 0.05) is 31.8 Å². The van der Waals surface area contributed by atoms with Crippen molar-refractivity contribution in [3.63, 3.8) is 0 Å². The number of nitrogens with one attached hydrogen (secondary N) is 2. The van der Waals surface area contributed by atoms with Crippen LogP contribution in [0.4, 0.5) is 0 Å². The Morgan fingerprint density at radius 1 is 1.53 bits per heavy atom. The van der Waals surface area contributed by atoms with Crippen LogP contribution in [0.1, 0.15) is 13.3 Å². The Labute approximate surface area is 85.9 Å². The minimum atomic E-state index is -0.494. The third-order valence-electron chi connectivity index (χ3n) is 1.85. The molecule has 1 amide bonds. The molecule has 82 valence electrons. The Kier molecular flexibility index (Phi) is 3.84. The highest BCUT2D eigenvalue weighted by Crippen LogP contribution is 1.84. The molecular formula is C9H13N3O3. The van der Waals surface area contributed by atoms with Crippen LogP contribution in [0.25, 0.3) is 0 Å². The Morgan fingerprint density at radius 2 is 2.27 bits per heavy atom. The molecule has 0 radical (unpaired) electrons. The van der Waals surface area contributed by atoms with Crippen LogP contribution in [0.5, 0.6) is 0 Å². The lowest BCUT2D eigenvalue weighted by atomic mass is 10.4. The number of carbonyl (C=O) groups is 1. The molecule has 6 heteroatoms. The molecule has 0 atom stereocenters. The average Bonchev–Trinajstić information content (AvgIpc) is 2.17. The number of nitrogens with zero attached hydrogens (tertiary/aromatic N) is 1. The smallest absolute Gasteiger partial charge is 0.328 e. The van der Waals surface area contributed by atoms with Crippen molar-refractivity contribution in [2.75, 3.05) is 6.54 Å². The summed E-state index contributed by atoms with van der Waals surface area (Å²) in [4.78, 5) is 35.1. The summed E-state index contributed by atoms with van der Waals surface area (Å²) in [5.41, 5.74) is -0.930. The predicted octanol–water partition coefficient (Wildman–Crippen LogP) is -0.937. The molecule has 0 aliphatic rings. The lowest BCUT2D eigenvalue weighted by molar-refractivity contribution is -0.121. The van der Waals surface area contributed by atoms with Gasteiger partial charge in [0.25, 0.3) is 5.56 Å². The molecule has 2 N–H and O–H groups in total. The molecule has 1 heterocycles. The van der Waals surface area contributed by atoms with Crippen LogP contribution >= 0.6 is 0 Å². The fourth-order valence-corrected chi connectivity index (χ4v) is 1.13. The third-order valence-corrected chi connectivity index (χ3v) is 1.85. The Balaban J connectivity index is 2.62. The molecule has 0 bridgehead atoms. The van der Waals surface area contributed by atoms with Crippen molar-refractivity contribution in [3.8, 4) is 0 Å². The number of amides is 1. The van der Waals surface area contributed by atoms with E-state index in [2.05, 4.69) is 10.3 Å². The molecule has 0 saturated carbocycles. The highest BCUT2D eigenvalue weighted by Gasteiger charge is 2.01. The maximum atomic E-state index is 11.2. The molecule has 0 aliphatic heterocycles. The van der Waals surface area contributed by atoms with Crippen molar-refractivity contribution in [2.45, 2.75) is 19.9 Å². The van der Waals surface area contributed by atoms with Crippen molar-refractivity contribution in [2.24, 2.45) is 0 Å². The molecule has 0 spiro atoms. The van der Waals surface area contributed by atoms with E-state index in [0.717, 1.165) is 0 Å². The summed E-state index contributed by atoms with van der Waals surface area (Å²) in [5, 5.41) is 2.62. The van der Waals surface area contributed by atoms with Gasteiger partial charge in [-0.15, -0.1) is 0 Å². The molecule has 0 aromatic carbocycles. The predicted molar refractivity (Wildman–Crippen MR) is 54.6 cm³/mol. The van der Waals surface area contributed by atoms with Crippen molar-refractivity contribution in [1.82, 2.24) is 14.9 Å². The Bertz CT molecular complexity index is 446. The van der Waals surface area contributed by atoms with Gasteiger partial charge in [-0.2, -0.15) is 0 Å². The molecular weight excluding hydrogens is 198 g/mol. The number of aromatic nitrogens is 2. The van der Waals surface area contributed by atoms with Crippen LogP contribution in [0.2, 0.25) is 0 Å². The maximum Gasteiger partial charge on any atom is 0.328 e. The fraction of sp³-hybridized carbons (Fsp3) is 0.444. The van der Waals surface area contributed by atoms with E-state index in [4.69, 9.17) is 0 Å². The molecule has 15 heavy (non-hydrogen) atoms.